The van der Waals surface area contributed by atoms with Gasteiger partial charge in [0.05, 0.1) is 10.6 Å². The lowest BCUT2D eigenvalue weighted by molar-refractivity contribution is 0.282. The molecule has 1 aliphatic rings. The summed E-state index contributed by atoms with van der Waals surface area (Å²) in [5.41, 5.74) is 5.61. The molecule has 0 bridgehead atoms. The predicted octanol–water partition coefficient (Wildman–Crippen LogP) is 3.30. The third kappa shape index (κ3) is 1.89. The molecule has 0 aromatic heterocycles. The van der Waals surface area contributed by atoms with E-state index in [1.807, 2.05) is 0 Å². The lowest BCUT2D eigenvalue weighted by Crippen LogP contribution is -2.39. The monoisotopic (exact) mass is 243 g/mol. The average molecular weight is 244 g/mol. The highest BCUT2D eigenvalue weighted by molar-refractivity contribution is 6.32. The Bertz CT molecular complexity index is 402. The predicted molar refractivity (Wildman–Crippen MR) is 62.0 cm³/mol. The SMILES string of the molecule is NC1(c2c(F)ccc(Cl)c2O)CCCCC1. The lowest BCUT2D eigenvalue weighted by Gasteiger charge is -2.34. The Morgan fingerprint density at radius 3 is 2.50 bits per heavy atom. The van der Waals surface area contributed by atoms with Gasteiger partial charge in [-0.15, -0.1) is 0 Å². The summed E-state index contributed by atoms with van der Waals surface area (Å²) in [6.07, 6.45) is 4.42. The topological polar surface area (TPSA) is 46.2 Å². The summed E-state index contributed by atoms with van der Waals surface area (Å²) in [6, 6.07) is 2.61. The van der Waals surface area contributed by atoms with E-state index in [0.29, 0.717) is 12.8 Å². The van der Waals surface area contributed by atoms with Gasteiger partial charge in [-0.3, -0.25) is 0 Å². The largest absolute Gasteiger partial charge is 0.506 e. The number of phenols is 1. The Morgan fingerprint density at radius 1 is 1.25 bits per heavy atom. The fourth-order valence-corrected chi connectivity index (χ4v) is 2.60. The molecule has 3 N–H and O–H groups in total. The highest BCUT2D eigenvalue weighted by Gasteiger charge is 2.35. The zero-order valence-electron chi connectivity index (χ0n) is 8.97. The van der Waals surface area contributed by atoms with Gasteiger partial charge in [0.1, 0.15) is 11.6 Å². The summed E-state index contributed by atoms with van der Waals surface area (Å²) in [7, 11) is 0. The van der Waals surface area contributed by atoms with Crippen molar-refractivity contribution in [1.29, 1.82) is 0 Å². The lowest BCUT2D eigenvalue weighted by atomic mass is 9.77. The molecule has 1 aliphatic carbocycles. The van der Waals surface area contributed by atoms with Gasteiger partial charge in [-0.1, -0.05) is 30.9 Å². The number of benzene rings is 1. The first kappa shape index (κ1) is 11.7. The molecule has 2 rings (SSSR count). The summed E-state index contributed by atoms with van der Waals surface area (Å²) in [5, 5.41) is 10.0. The van der Waals surface area contributed by atoms with Crippen molar-refractivity contribution < 1.29 is 9.50 Å². The van der Waals surface area contributed by atoms with Crippen LogP contribution in [-0.4, -0.2) is 5.11 Å². The maximum Gasteiger partial charge on any atom is 0.142 e. The molecule has 16 heavy (non-hydrogen) atoms. The van der Waals surface area contributed by atoms with Crippen LogP contribution in [0.15, 0.2) is 12.1 Å². The maximum absolute atomic E-state index is 13.8. The molecule has 0 amide bonds. The molecule has 0 radical (unpaired) electrons. The average Bonchev–Trinajstić information content (AvgIpc) is 2.25. The molecule has 0 aliphatic heterocycles. The van der Waals surface area contributed by atoms with Gasteiger partial charge in [0.25, 0.3) is 0 Å². The van der Waals surface area contributed by atoms with E-state index in [0.717, 1.165) is 19.3 Å². The van der Waals surface area contributed by atoms with Crippen molar-refractivity contribution in [3.8, 4) is 5.75 Å². The Balaban J connectivity index is 2.49. The fourth-order valence-electron chi connectivity index (χ4n) is 2.45. The van der Waals surface area contributed by atoms with Crippen LogP contribution < -0.4 is 5.73 Å². The number of hydrogen-bond acceptors (Lipinski definition) is 2. The highest BCUT2D eigenvalue weighted by Crippen LogP contribution is 2.42. The molecule has 0 atom stereocenters. The number of nitrogens with two attached hydrogens (primary N) is 1. The minimum absolute atomic E-state index is 0.159. The van der Waals surface area contributed by atoms with Gasteiger partial charge >= 0.3 is 0 Å². The second-order valence-electron chi connectivity index (χ2n) is 4.47. The van der Waals surface area contributed by atoms with Crippen LogP contribution in [0, 0.1) is 5.82 Å². The van der Waals surface area contributed by atoms with Crippen LogP contribution in [0.4, 0.5) is 4.39 Å². The van der Waals surface area contributed by atoms with Crippen molar-refractivity contribution >= 4 is 11.6 Å². The van der Waals surface area contributed by atoms with Crippen LogP contribution in [0.25, 0.3) is 0 Å². The quantitative estimate of drug-likeness (QED) is 0.795. The highest BCUT2D eigenvalue weighted by atomic mass is 35.5. The molecule has 1 aromatic rings. The number of halogens is 2. The molecule has 0 saturated heterocycles. The van der Waals surface area contributed by atoms with Gasteiger partial charge in [0, 0.05) is 5.54 Å². The smallest absolute Gasteiger partial charge is 0.142 e. The number of aromatic hydroxyl groups is 1. The minimum Gasteiger partial charge on any atom is -0.506 e. The van der Waals surface area contributed by atoms with Crippen molar-refractivity contribution in [2.75, 3.05) is 0 Å². The number of phenolic OH excluding ortho intramolecular Hbond substituents is 1. The Morgan fingerprint density at radius 2 is 1.88 bits per heavy atom. The molecule has 2 nitrogen and oxygen atoms in total. The van der Waals surface area contributed by atoms with E-state index >= 15 is 0 Å². The summed E-state index contributed by atoms with van der Waals surface area (Å²) in [6.45, 7) is 0. The second kappa shape index (κ2) is 4.22. The Labute approximate surface area is 99.2 Å². The number of hydrogen-bond donors (Lipinski definition) is 2. The molecule has 1 aromatic carbocycles. The summed E-state index contributed by atoms with van der Waals surface area (Å²) in [5.74, 6) is -0.669. The fraction of sp³-hybridized carbons (Fsp3) is 0.500. The molecule has 0 unspecified atom stereocenters. The van der Waals surface area contributed by atoms with E-state index in [2.05, 4.69) is 0 Å². The van der Waals surface area contributed by atoms with Gasteiger partial charge in [0.2, 0.25) is 0 Å². The minimum atomic E-state index is -0.767. The molecular weight excluding hydrogens is 229 g/mol. The third-order valence-corrected chi connectivity index (χ3v) is 3.63. The molecule has 0 spiro atoms. The molecule has 0 heterocycles. The molecule has 4 heteroatoms. The van der Waals surface area contributed by atoms with Gasteiger partial charge in [0.15, 0.2) is 0 Å². The van der Waals surface area contributed by atoms with E-state index < -0.39 is 11.4 Å². The first-order valence-electron chi connectivity index (χ1n) is 5.51. The van der Waals surface area contributed by atoms with Crippen molar-refractivity contribution in [1.82, 2.24) is 0 Å². The van der Waals surface area contributed by atoms with Gasteiger partial charge in [-0.05, 0) is 25.0 Å². The molecule has 1 saturated carbocycles. The Hall–Kier alpha value is -0.800. The summed E-state index contributed by atoms with van der Waals surface area (Å²) in [4.78, 5) is 0. The van der Waals surface area contributed by atoms with Gasteiger partial charge < -0.3 is 10.8 Å². The zero-order chi connectivity index (χ0) is 11.8. The van der Waals surface area contributed by atoms with Crippen LogP contribution in [-0.2, 0) is 5.54 Å². The summed E-state index contributed by atoms with van der Waals surface area (Å²) >= 11 is 5.79. The van der Waals surface area contributed by atoms with Crippen LogP contribution in [0.5, 0.6) is 5.75 Å². The molecule has 88 valence electrons. The van der Waals surface area contributed by atoms with Crippen molar-refractivity contribution in [3.05, 3.63) is 28.5 Å². The van der Waals surface area contributed by atoms with E-state index in [9.17, 15) is 9.50 Å². The molecular formula is C12H15ClFNO. The first-order chi connectivity index (χ1) is 7.54. The van der Waals surface area contributed by atoms with E-state index in [1.165, 1.54) is 12.1 Å². The zero-order valence-corrected chi connectivity index (χ0v) is 9.73. The second-order valence-corrected chi connectivity index (χ2v) is 4.88. The van der Waals surface area contributed by atoms with Gasteiger partial charge in [-0.25, -0.2) is 4.39 Å². The van der Waals surface area contributed by atoms with Crippen LogP contribution in [0.3, 0.4) is 0 Å². The van der Waals surface area contributed by atoms with Crippen LogP contribution in [0.2, 0.25) is 5.02 Å². The van der Waals surface area contributed by atoms with Crippen molar-refractivity contribution in [2.24, 2.45) is 5.73 Å². The first-order valence-corrected chi connectivity index (χ1v) is 5.89. The van der Waals surface area contributed by atoms with E-state index in [-0.39, 0.29) is 16.3 Å². The standard InChI is InChI=1S/C12H15ClFNO/c13-8-4-5-9(14)10(11(8)16)12(15)6-2-1-3-7-12/h4-5,16H,1-3,6-7,15H2. The molecule has 1 fully saturated rings. The van der Waals surface area contributed by atoms with Gasteiger partial charge in [-0.2, -0.15) is 0 Å². The third-order valence-electron chi connectivity index (χ3n) is 3.32. The van der Waals surface area contributed by atoms with E-state index in [4.69, 9.17) is 17.3 Å². The summed E-state index contributed by atoms with van der Waals surface area (Å²) < 4.78 is 13.8. The van der Waals surface area contributed by atoms with Crippen molar-refractivity contribution in [3.63, 3.8) is 0 Å². The Kier molecular flexibility index (Phi) is 3.08. The van der Waals surface area contributed by atoms with Crippen LogP contribution >= 0.6 is 11.6 Å². The normalized spacial score (nSPS) is 19.7. The maximum atomic E-state index is 13.8. The van der Waals surface area contributed by atoms with Crippen molar-refractivity contribution in [2.45, 2.75) is 37.6 Å². The number of rotatable bonds is 1. The van der Waals surface area contributed by atoms with E-state index in [1.54, 1.807) is 0 Å². The van der Waals surface area contributed by atoms with Crippen LogP contribution in [0.1, 0.15) is 37.7 Å².